The number of fused-ring (bicyclic) bond motifs is 1. The Morgan fingerprint density at radius 1 is 1.33 bits per heavy atom. The van der Waals surface area contributed by atoms with Gasteiger partial charge in [0.1, 0.15) is 0 Å². The average Bonchev–Trinajstić information content (AvgIpc) is 3.14. The molecular weight excluding hydrogens is 246 g/mol. The quantitative estimate of drug-likeness (QED) is 0.812. The molecule has 2 N–H and O–H groups in total. The number of carbonyl (C=O) groups is 1. The summed E-state index contributed by atoms with van der Waals surface area (Å²) in [5.41, 5.74) is 1.02. The molecule has 0 spiro atoms. The van der Waals surface area contributed by atoms with Gasteiger partial charge in [0.05, 0.1) is 10.2 Å². The number of nitrogens with zero attached hydrogens (tertiary/aromatic N) is 1. The van der Waals surface area contributed by atoms with Gasteiger partial charge in [0.25, 0.3) is 0 Å². The second-order valence-corrected chi connectivity index (χ2v) is 5.51. The Kier molecular flexibility index (Phi) is 3.15. The van der Waals surface area contributed by atoms with Gasteiger partial charge in [-0.05, 0) is 25.0 Å². The van der Waals surface area contributed by atoms with Crippen molar-refractivity contribution < 1.29 is 4.79 Å². The van der Waals surface area contributed by atoms with Crippen molar-refractivity contribution in [3.63, 3.8) is 0 Å². The predicted octanol–water partition coefficient (Wildman–Crippen LogP) is 2.23. The fourth-order valence-electron chi connectivity index (χ4n) is 1.79. The highest BCUT2D eigenvalue weighted by Gasteiger charge is 2.28. The van der Waals surface area contributed by atoms with E-state index in [1.807, 2.05) is 18.2 Å². The van der Waals surface area contributed by atoms with Crippen molar-refractivity contribution in [3.05, 3.63) is 24.3 Å². The normalized spacial score (nSPS) is 14.7. The summed E-state index contributed by atoms with van der Waals surface area (Å²) in [6.45, 7) is 1.38. The minimum atomic E-state index is 0.195. The summed E-state index contributed by atoms with van der Waals surface area (Å²) >= 11 is 1.64. The lowest BCUT2D eigenvalue weighted by atomic mass is 10.3. The summed E-state index contributed by atoms with van der Waals surface area (Å²) in [5, 5.41) is 7.08. The van der Waals surface area contributed by atoms with E-state index in [0.29, 0.717) is 6.54 Å². The van der Waals surface area contributed by atoms with Gasteiger partial charge >= 0.3 is 0 Å². The third-order valence-corrected chi connectivity index (χ3v) is 3.94. The van der Waals surface area contributed by atoms with Crippen LogP contribution >= 0.6 is 11.3 Å². The maximum Gasteiger partial charge on any atom is 0.223 e. The average molecular weight is 261 g/mol. The number of nitrogens with one attached hydrogen (secondary N) is 2. The van der Waals surface area contributed by atoms with E-state index in [0.717, 1.165) is 30.0 Å². The molecule has 0 radical (unpaired) electrons. The van der Waals surface area contributed by atoms with E-state index in [9.17, 15) is 4.79 Å². The number of para-hydroxylation sites is 1. The molecule has 1 amide bonds. The smallest absolute Gasteiger partial charge is 0.223 e. The molecule has 3 rings (SSSR count). The van der Waals surface area contributed by atoms with Gasteiger partial charge in [0.2, 0.25) is 5.91 Å². The summed E-state index contributed by atoms with van der Waals surface area (Å²) < 4.78 is 1.18. The van der Waals surface area contributed by atoms with Crippen molar-refractivity contribution in [1.29, 1.82) is 0 Å². The first-order valence-corrected chi connectivity index (χ1v) is 7.02. The number of benzene rings is 1. The first-order valence-electron chi connectivity index (χ1n) is 6.20. The molecule has 94 valence electrons. The van der Waals surface area contributed by atoms with Crippen LogP contribution in [0.25, 0.3) is 10.2 Å². The molecule has 1 aromatic heterocycles. The molecule has 1 fully saturated rings. The van der Waals surface area contributed by atoms with Gasteiger partial charge in [-0.3, -0.25) is 4.79 Å². The lowest BCUT2D eigenvalue weighted by Crippen LogP contribution is -2.29. The van der Waals surface area contributed by atoms with Gasteiger partial charge in [0.15, 0.2) is 5.13 Å². The zero-order valence-electron chi connectivity index (χ0n) is 9.98. The second kappa shape index (κ2) is 4.94. The third-order valence-electron chi connectivity index (χ3n) is 2.94. The minimum absolute atomic E-state index is 0.195. The number of rotatable bonds is 5. The Labute approximate surface area is 109 Å². The highest BCUT2D eigenvalue weighted by atomic mass is 32.1. The molecule has 0 aliphatic heterocycles. The Hall–Kier alpha value is -1.62. The molecular formula is C13H15N3OS. The SMILES string of the molecule is O=C(NCCNc1nc2ccccc2s1)C1CC1. The summed E-state index contributed by atoms with van der Waals surface area (Å²) in [6.07, 6.45) is 2.11. The number of amides is 1. The molecule has 0 bridgehead atoms. The van der Waals surface area contributed by atoms with Gasteiger partial charge in [0, 0.05) is 19.0 Å². The Balaban J connectivity index is 1.48. The van der Waals surface area contributed by atoms with E-state index in [-0.39, 0.29) is 11.8 Å². The van der Waals surface area contributed by atoms with Crippen molar-refractivity contribution in [2.75, 3.05) is 18.4 Å². The van der Waals surface area contributed by atoms with E-state index in [2.05, 4.69) is 21.7 Å². The fraction of sp³-hybridized carbons (Fsp3) is 0.385. The monoisotopic (exact) mass is 261 g/mol. The van der Waals surface area contributed by atoms with Crippen LogP contribution in [0.5, 0.6) is 0 Å². The molecule has 1 aliphatic rings. The van der Waals surface area contributed by atoms with Crippen molar-refractivity contribution in [2.24, 2.45) is 5.92 Å². The van der Waals surface area contributed by atoms with Crippen molar-refractivity contribution in [2.45, 2.75) is 12.8 Å². The van der Waals surface area contributed by atoms with E-state index in [1.54, 1.807) is 11.3 Å². The number of aromatic nitrogens is 1. The summed E-state index contributed by atoms with van der Waals surface area (Å²) in [7, 11) is 0. The zero-order chi connectivity index (χ0) is 12.4. The second-order valence-electron chi connectivity index (χ2n) is 4.48. The fourth-order valence-corrected chi connectivity index (χ4v) is 2.68. The molecule has 1 saturated carbocycles. The first-order chi connectivity index (χ1) is 8.83. The molecule has 4 nitrogen and oxygen atoms in total. The lowest BCUT2D eigenvalue weighted by Gasteiger charge is -2.04. The predicted molar refractivity (Wildman–Crippen MR) is 73.8 cm³/mol. The van der Waals surface area contributed by atoms with Crippen molar-refractivity contribution >= 4 is 32.6 Å². The summed E-state index contributed by atoms with van der Waals surface area (Å²) in [4.78, 5) is 15.9. The highest BCUT2D eigenvalue weighted by Crippen LogP contribution is 2.28. The molecule has 5 heteroatoms. The number of carbonyl (C=O) groups excluding carboxylic acids is 1. The van der Waals surface area contributed by atoms with Gasteiger partial charge in [-0.15, -0.1) is 0 Å². The van der Waals surface area contributed by atoms with Crippen LogP contribution < -0.4 is 10.6 Å². The number of thiazole rings is 1. The standard InChI is InChI=1S/C13H15N3OS/c17-12(9-5-6-9)14-7-8-15-13-16-10-3-1-2-4-11(10)18-13/h1-4,9H,5-8H2,(H,14,17)(H,15,16). The first kappa shape index (κ1) is 11.5. The van der Waals surface area contributed by atoms with E-state index in [4.69, 9.17) is 0 Å². The van der Waals surface area contributed by atoms with Crippen LogP contribution in [0.1, 0.15) is 12.8 Å². The largest absolute Gasteiger partial charge is 0.360 e. The van der Waals surface area contributed by atoms with Crippen LogP contribution in [0, 0.1) is 5.92 Å². The molecule has 2 aromatic rings. The molecule has 0 saturated heterocycles. The Bertz CT molecular complexity index is 529. The van der Waals surface area contributed by atoms with Crippen LogP contribution in [-0.2, 0) is 4.79 Å². The van der Waals surface area contributed by atoms with Gasteiger partial charge in [-0.2, -0.15) is 0 Å². The molecule has 1 aromatic carbocycles. The molecule has 18 heavy (non-hydrogen) atoms. The molecule has 1 heterocycles. The van der Waals surface area contributed by atoms with Crippen LogP contribution in [0.4, 0.5) is 5.13 Å². The van der Waals surface area contributed by atoms with Gasteiger partial charge < -0.3 is 10.6 Å². The van der Waals surface area contributed by atoms with Gasteiger partial charge in [-0.25, -0.2) is 4.98 Å². The van der Waals surface area contributed by atoms with Crippen molar-refractivity contribution in [1.82, 2.24) is 10.3 Å². The zero-order valence-corrected chi connectivity index (χ0v) is 10.8. The van der Waals surface area contributed by atoms with E-state index >= 15 is 0 Å². The van der Waals surface area contributed by atoms with E-state index in [1.165, 1.54) is 4.70 Å². The summed E-state index contributed by atoms with van der Waals surface area (Å²) in [5.74, 6) is 0.480. The maximum absolute atomic E-state index is 11.4. The third kappa shape index (κ3) is 2.61. The van der Waals surface area contributed by atoms with Crippen LogP contribution in [0.2, 0.25) is 0 Å². The van der Waals surface area contributed by atoms with Crippen LogP contribution in [-0.4, -0.2) is 24.0 Å². The maximum atomic E-state index is 11.4. The lowest BCUT2D eigenvalue weighted by molar-refractivity contribution is -0.122. The molecule has 1 aliphatic carbocycles. The molecule has 0 atom stereocenters. The number of anilines is 1. The van der Waals surface area contributed by atoms with Crippen LogP contribution in [0.15, 0.2) is 24.3 Å². The summed E-state index contributed by atoms with van der Waals surface area (Å²) in [6, 6.07) is 8.07. The van der Waals surface area contributed by atoms with Gasteiger partial charge in [-0.1, -0.05) is 23.5 Å². The highest BCUT2D eigenvalue weighted by molar-refractivity contribution is 7.22. The number of hydrogen-bond donors (Lipinski definition) is 2. The number of hydrogen-bond acceptors (Lipinski definition) is 4. The minimum Gasteiger partial charge on any atom is -0.360 e. The van der Waals surface area contributed by atoms with Crippen LogP contribution in [0.3, 0.4) is 0 Å². The Morgan fingerprint density at radius 2 is 2.17 bits per heavy atom. The van der Waals surface area contributed by atoms with E-state index < -0.39 is 0 Å². The topological polar surface area (TPSA) is 54.0 Å². The molecule has 0 unspecified atom stereocenters. The Morgan fingerprint density at radius 3 is 2.94 bits per heavy atom. The van der Waals surface area contributed by atoms with Crippen molar-refractivity contribution in [3.8, 4) is 0 Å².